The third-order valence-corrected chi connectivity index (χ3v) is 4.47. The highest BCUT2D eigenvalue weighted by Crippen LogP contribution is 2.34. The van der Waals surface area contributed by atoms with Gasteiger partial charge in [0.05, 0.1) is 5.54 Å². The van der Waals surface area contributed by atoms with Crippen LogP contribution in [-0.4, -0.2) is 0 Å². The number of halogens is 2. The molecule has 0 aliphatic carbocycles. The van der Waals surface area contributed by atoms with Crippen LogP contribution in [0.3, 0.4) is 0 Å². The molecule has 0 heterocycles. The van der Waals surface area contributed by atoms with Crippen LogP contribution in [0.25, 0.3) is 0 Å². The first-order chi connectivity index (χ1) is 9.32. The molecule has 0 spiro atoms. The first kappa shape index (κ1) is 15.6. The maximum atomic E-state index is 6.54. The van der Waals surface area contributed by atoms with E-state index in [1.165, 1.54) is 5.56 Å². The highest BCUT2D eigenvalue weighted by Gasteiger charge is 2.26. The molecule has 2 aromatic carbocycles. The van der Waals surface area contributed by atoms with Crippen LogP contribution < -0.4 is 5.73 Å². The van der Waals surface area contributed by atoms with Crippen molar-refractivity contribution in [3.8, 4) is 0 Å². The van der Waals surface area contributed by atoms with Gasteiger partial charge >= 0.3 is 0 Å². The number of nitrogens with two attached hydrogens (primary N) is 1. The highest BCUT2D eigenvalue weighted by atomic mass is 79.9. The SMILES string of the molecule is CC(C)c1ccc(C(C)(N)c2ccc(Br)cc2Cl)cc1. The van der Waals surface area contributed by atoms with Gasteiger partial charge in [0, 0.05) is 9.50 Å². The van der Waals surface area contributed by atoms with Crippen LogP contribution in [0.15, 0.2) is 46.9 Å². The van der Waals surface area contributed by atoms with Gasteiger partial charge in [0.1, 0.15) is 0 Å². The Labute approximate surface area is 134 Å². The van der Waals surface area contributed by atoms with E-state index in [0.717, 1.165) is 15.6 Å². The van der Waals surface area contributed by atoms with Gasteiger partial charge in [0.25, 0.3) is 0 Å². The topological polar surface area (TPSA) is 26.0 Å². The van der Waals surface area contributed by atoms with E-state index < -0.39 is 5.54 Å². The van der Waals surface area contributed by atoms with Crippen LogP contribution in [-0.2, 0) is 5.54 Å². The Balaban J connectivity index is 2.43. The van der Waals surface area contributed by atoms with Crippen LogP contribution >= 0.6 is 27.5 Å². The fourth-order valence-corrected chi connectivity index (χ4v) is 3.15. The minimum absolute atomic E-state index is 0.518. The Hall–Kier alpha value is -0.830. The van der Waals surface area contributed by atoms with Gasteiger partial charge in [-0.3, -0.25) is 0 Å². The standard InChI is InChI=1S/C17H19BrClN/c1-11(2)12-4-6-13(7-5-12)17(3,20)15-9-8-14(18)10-16(15)19/h4-11H,20H2,1-3H3. The molecule has 0 radical (unpaired) electrons. The molecule has 0 aromatic heterocycles. The van der Waals surface area contributed by atoms with Crippen molar-refractivity contribution in [3.05, 3.63) is 68.7 Å². The normalized spacial score (nSPS) is 14.3. The molecule has 0 aliphatic heterocycles. The van der Waals surface area contributed by atoms with Crippen LogP contribution in [0.4, 0.5) is 0 Å². The summed E-state index contributed by atoms with van der Waals surface area (Å²) < 4.78 is 0.956. The lowest BCUT2D eigenvalue weighted by atomic mass is 9.84. The highest BCUT2D eigenvalue weighted by molar-refractivity contribution is 9.10. The zero-order valence-corrected chi connectivity index (χ0v) is 14.3. The van der Waals surface area contributed by atoms with E-state index in [-0.39, 0.29) is 0 Å². The summed E-state index contributed by atoms with van der Waals surface area (Å²) in [4.78, 5) is 0. The fourth-order valence-electron chi connectivity index (χ4n) is 2.28. The molecule has 0 saturated carbocycles. The van der Waals surface area contributed by atoms with Gasteiger partial charge in [-0.1, -0.05) is 71.7 Å². The molecule has 0 amide bonds. The smallest absolute Gasteiger partial charge is 0.0651 e. The van der Waals surface area contributed by atoms with Crippen molar-refractivity contribution in [2.24, 2.45) is 5.73 Å². The molecule has 1 nitrogen and oxygen atoms in total. The fraction of sp³-hybridized carbons (Fsp3) is 0.294. The minimum atomic E-state index is -0.604. The quantitative estimate of drug-likeness (QED) is 0.781. The zero-order valence-electron chi connectivity index (χ0n) is 12.0. The van der Waals surface area contributed by atoms with Gasteiger partial charge in [-0.25, -0.2) is 0 Å². The Morgan fingerprint density at radius 2 is 1.70 bits per heavy atom. The lowest BCUT2D eigenvalue weighted by Crippen LogP contribution is -2.34. The van der Waals surface area contributed by atoms with Gasteiger partial charge in [-0.15, -0.1) is 0 Å². The number of hydrogen-bond acceptors (Lipinski definition) is 1. The van der Waals surface area contributed by atoms with Gasteiger partial charge in [0.15, 0.2) is 0 Å². The summed E-state index contributed by atoms with van der Waals surface area (Å²) >= 11 is 9.76. The first-order valence-electron chi connectivity index (χ1n) is 6.67. The van der Waals surface area contributed by atoms with Crippen LogP contribution in [0, 0.1) is 0 Å². The molecule has 0 fully saturated rings. The first-order valence-corrected chi connectivity index (χ1v) is 7.84. The monoisotopic (exact) mass is 351 g/mol. The van der Waals surface area contributed by atoms with Gasteiger partial charge in [0.2, 0.25) is 0 Å². The van der Waals surface area contributed by atoms with Crippen molar-refractivity contribution in [1.29, 1.82) is 0 Å². The van der Waals surface area contributed by atoms with Gasteiger partial charge in [-0.05, 0) is 41.7 Å². The molecule has 0 bridgehead atoms. The Kier molecular flexibility index (Phi) is 4.58. The number of rotatable bonds is 3. The molecule has 3 heteroatoms. The molecule has 2 aromatic rings. The molecule has 0 saturated heterocycles. The van der Waals surface area contributed by atoms with Crippen molar-refractivity contribution in [2.75, 3.05) is 0 Å². The molecule has 2 N–H and O–H groups in total. The van der Waals surface area contributed by atoms with E-state index in [4.69, 9.17) is 17.3 Å². The Bertz CT molecular complexity index is 603. The zero-order chi connectivity index (χ0) is 14.9. The van der Waals surface area contributed by atoms with E-state index in [1.807, 2.05) is 25.1 Å². The Morgan fingerprint density at radius 3 is 2.20 bits per heavy atom. The molecule has 1 unspecified atom stereocenters. The van der Waals surface area contributed by atoms with E-state index in [9.17, 15) is 0 Å². The lowest BCUT2D eigenvalue weighted by Gasteiger charge is -2.27. The Morgan fingerprint density at radius 1 is 1.10 bits per heavy atom. The summed E-state index contributed by atoms with van der Waals surface area (Å²) in [6.07, 6.45) is 0. The minimum Gasteiger partial charge on any atom is -0.318 e. The van der Waals surface area contributed by atoms with E-state index in [1.54, 1.807) is 0 Å². The maximum absolute atomic E-state index is 6.54. The van der Waals surface area contributed by atoms with Crippen molar-refractivity contribution in [2.45, 2.75) is 32.2 Å². The summed E-state index contributed by atoms with van der Waals surface area (Å²) in [5, 5.41) is 0.678. The number of hydrogen-bond donors (Lipinski definition) is 1. The predicted molar refractivity (Wildman–Crippen MR) is 90.3 cm³/mol. The van der Waals surface area contributed by atoms with Crippen molar-refractivity contribution in [1.82, 2.24) is 0 Å². The predicted octanol–water partition coefficient (Wildman–Crippen LogP) is 5.45. The van der Waals surface area contributed by atoms with E-state index in [2.05, 4.69) is 54.0 Å². The molecular formula is C17H19BrClN. The molecule has 106 valence electrons. The summed E-state index contributed by atoms with van der Waals surface area (Å²) in [5.41, 5.74) is 9.24. The van der Waals surface area contributed by atoms with Crippen molar-refractivity contribution >= 4 is 27.5 Å². The molecule has 2 rings (SSSR count). The van der Waals surface area contributed by atoms with Crippen LogP contribution in [0.2, 0.25) is 5.02 Å². The molecule has 20 heavy (non-hydrogen) atoms. The summed E-state index contributed by atoms with van der Waals surface area (Å²) in [5.74, 6) is 0.518. The third-order valence-electron chi connectivity index (χ3n) is 3.67. The van der Waals surface area contributed by atoms with E-state index >= 15 is 0 Å². The van der Waals surface area contributed by atoms with E-state index in [0.29, 0.717) is 10.9 Å². The van der Waals surface area contributed by atoms with Gasteiger partial charge < -0.3 is 5.73 Å². The third kappa shape index (κ3) is 3.08. The van der Waals surface area contributed by atoms with Crippen molar-refractivity contribution in [3.63, 3.8) is 0 Å². The lowest BCUT2D eigenvalue weighted by molar-refractivity contribution is 0.602. The number of benzene rings is 2. The molecule has 1 atom stereocenters. The largest absolute Gasteiger partial charge is 0.318 e. The second-order valence-corrected chi connectivity index (χ2v) is 6.93. The second-order valence-electron chi connectivity index (χ2n) is 5.60. The maximum Gasteiger partial charge on any atom is 0.0651 e. The summed E-state index contributed by atoms with van der Waals surface area (Å²) in [6.45, 7) is 6.36. The summed E-state index contributed by atoms with van der Waals surface area (Å²) in [7, 11) is 0. The second kappa shape index (κ2) is 5.88. The average molecular weight is 353 g/mol. The average Bonchev–Trinajstić information content (AvgIpc) is 2.38. The van der Waals surface area contributed by atoms with Crippen LogP contribution in [0.5, 0.6) is 0 Å². The van der Waals surface area contributed by atoms with Crippen molar-refractivity contribution < 1.29 is 0 Å². The van der Waals surface area contributed by atoms with Gasteiger partial charge in [-0.2, -0.15) is 0 Å². The van der Waals surface area contributed by atoms with Crippen LogP contribution in [0.1, 0.15) is 43.4 Å². The molecule has 0 aliphatic rings. The molecular weight excluding hydrogens is 334 g/mol. The summed E-state index contributed by atoms with van der Waals surface area (Å²) in [6, 6.07) is 14.3.